The largest absolute Gasteiger partial charge is 0.490 e. The van der Waals surface area contributed by atoms with E-state index in [1.807, 2.05) is 0 Å². The van der Waals surface area contributed by atoms with E-state index in [4.69, 9.17) is 9.47 Å². The molecule has 1 aromatic carbocycles. The number of rotatable bonds is 5. The van der Waals surface area contributed by atoms with Gasteiger partial charge in [0, 0.05) is 45.2 Å². The van der Waals surface area contributed by atoms with Crippen molar-refractivity contribution in [2.75, 3.05) is 53.0 Å². The first-order chi connectivity index (χ1) is 12.5. The lowest BCUT2D eigenvalue weighted by Crippen LogP contribution is -2.48. The monoisotopic (exact) mass is 384 g/mol. The third-order valence-electron chi connectivity index (χ3n) is 4.55. The summed E-state index contributed by atoms with van der Waals surface area (Å²) in [5.41, 5.74) is 0. The van der Waals surface area contributed by atoms with Crippen LogP contribution in [0.3, 0.4) is 0 Å². The van der Waals surface area contributed by atoms with Crippen molar-refractivity contribution in [1.82, 2.24) is 9.21 Å². The number of carbonyl (C=O) groups excluding carboxylic acids is 1. The van der Waals surface area contributed by atoms with E-state index >= 15 is 0 Å². The molecule has 2 aliphatic heterocycles. The van der Waals surface area contributed by atoms with Gasteiger partial charge in [-0.25, -0.2) is 8.42 Å². The van der Waals surface area contributed by atoms with E-state index in [2.05, 4.69) is 9.64 Å². The van der Waals surface area contributed by atoms with Crippen molar-refractivity contribution >= 4 is 16.0 Å². The minimum atomic E-state index is -3.59. The lowest BCUT2D eigenvalue weighted by molar-refractivity contribution is -0.141. The predicted molar refractivity (Wildman–Crippen MR) is 93.9 cm³/mol. The number of sulfonamides is 1. The molecule has 0 N–H and O–H groups in total. The molecule has 0 bridgehead atoms. The third-order valence-corrected chi connectivity index (χ3v) is 6.44. The molecule has 2 heterocycles. The van der Waals surface area contributed by atoms with Gasteiger partial charge in [0.2, 0.25) is 10.0 Å². The number of hydrogen-bond acceptors (Lipinski definition) is 7. The fourth-order valence-electron chi connectivity index (χ4n) is 3.00. The SMILES string of the molecule is COC(=O)CCN1CCN(S(=O)(=O)c2ccc3c(c2)OCCCO3)CC1. The van der Waals surface area contributed by atoms with Crippen LogP contribution in [0.4, 0.5) is 0 Å². The summed E-state index contributed by atoms with van der Waals surface area (Å²) >= 11 is 0. The second kappa shape index (κ2) is 8.24. The van der Waals surface area contributed by atoms with Crippen LogP contribution in [0.5, 0.6) is 11.5 Å². The molecule has 9 heteroatoms. The fourth-order valence-corrected chi connectivity index (χ4v) is 4.44. The second-order valence-corrected chi connectivity index (χ2v) is 8.17. The molecule has 2 aliphatic rings. The molecule has 0 aromatic heterocycles. The van der Waals surface area contributed by atoms with Gasteiger partial charge in [-0.05, 0) is 12.1 Å². The van der Waals surface area contributed by atoms with Crippen LogP contribution in [-0.4, -0.2) is 76.6 Å². The van der Waals surface area contributed by atoms with Crippen molar-refractivity contribution in [2.45, 2.75) is 17.7 Å². The Labute approximate surface area is 153 Å². The molecule has 3 rings (SSSR count). The van der Waals surface area contributed by atoms with Crippen LogP contribution < -0.4 is 9.47 Å². The summed E-state index contributed by atoms with van der Waals surface area (Å²) < 4.78 is 43.1. The third kappa shape index (κ3) is 4.28. The number of esters is 1. The minimum Gasteiger partial charge on any atom is -0.490 e. The quantitative estimate of drug-likeness (QED) is 0.692. The van der Waals surface area contributed by atoms with Crippen LogP contribution in [0.1, 0.15) is 12.8 Å². The first kappa shape index (κ1) is 18.9. The first-order valence-electron chi connectivity index (χ1n) is 8.69. The van der Waals surface area contributed by atoms with E-state index in [0.717, 1.165) is 6.42 Å². The zero-order valence-electron chi connectivity index (χ0n) is 14.8. The number of fused-ring (bicyclic) bond motifs is 1. The van der Waals surface area contributed by atoms with Gasteiger partial charge < -0.3 is 19.1 Å². The second-order valence-electron chi connectivity index (χ2n) is 6.23. The number of methoxy groups -OCH3 is 1. The zero-order chi connectivity index (χ0) is 18.6. The van der Waals surface area contributed by atoms with Gasteiger partial charge in [0.25, 0.3) is 0 Å². The smallest absolute Gasteiger partial charge is 0.306 e. The average molecular weight is 384 g/mol. The van der Waals surface area contributed by atoms with Crippen LogP contribution in [0.25, 0.3) is 0 Å². The summed E-state index contributed by atoms with van der Waals surface area (Å²) in [7, 11) is -2.22. The highest BCUT2D eigenvalue weighted by atomic mass is 32.2. The van der Waals surface area contributed by atoms with Crippen LogP contribution >= 0.6 is 0 Å². The van der Waals surface area contributed by atoms with E-state index in [9.17, 15) is 13.2 Å². The topological polar surface area (TPSA) is 85.4 Å². The van der Waals surface area contributed by atoms with Gasteiger partial charge in [-0.1, -0.05) is 0 Å². The Bertz CT molecular complexity index is 744. The van der Waals surface area contributed by atoms with Crippen molar-refractivity contribution in [3.05, 3.63) is 18.2 Å². The van der Waals surface area contributed by atoms with E-state index in [1.54, 1.807) is 18.2 Å². The number of benzene rings is 1. The molecule has 144 valence electrons. The Hall–Kier alpha value is -1.84. The molecule has 0 aliphatic carbocycles. The Morgan fingerprint density at radius 2 is 1.81 bits per heavy atom. The van der Waals surface area contributed by atoms with E-state index in [1.165, 1.54) is 11.4 Å². The Balaban J connectivity index is 1.64. The molecule has 0 amide bonds. The van der Waals surface area contributed by atoms with Gasteiger partial charge in [0.1, 0.15) is 0 Å². The van der Waals surface area contributed by atoms with Gasteiger partial charge in [0.05, 0.1) is 31.6 Å². The van der Waals surface area contributed by atoms with Gasteiger partial charge in [-0.3, -0.25) is 4.79 Å². The van der Waals surface area contributed by atoms with Gasteiger partial charge in [-0.15, -0.1) is 0 Å². The fraction of sp³-hybridized carbons (Fsp3) is 0.588. The molecule has 0 unspecified atom stereocenters. The Morgan fingerprint density at radius 1 is 1.12 bits per heavy atom. The molecular formula is C17H24N2O6S. The van der Waals surface area contributed by atoms with Crippen molar-refractivity contribution in [3.63, 3.8) is 0 Å². The maximum atomic E-state index is 12.9. The molecule has 1 aromatic rings. The summed E-state index contributed by atoms with van der Waals surface area (Å²) in [6, 6.07) is 4.76. The molecular weight excluding hydrogens is 360 g/mol. The number of hydrogen-bond donors (Lipinski definition) is 0. The summed E-state index contributed by atoms with van der Waals surface area (Å²) in [5.74, 6) is 0.793. The standard InChI is InChI=1S/C17H24N2O6S/c1-23-17(20)5-6-18-7-9-19(10-8-18)26(21,22)14-3-4-15-16(13-14)25-12-2-11-24-15/h3-4,13H,2,5-12H2,1H3. The predicted octanol–water partition coefficient (Wildman–Crippen LogP) is 0.717. The molecule has 8 nitrogen and oxygen atoms in total. The molecule has 1 fully saturated rings. The summed E-state index contributed by atoms with van der Waals surface area (Å²) in [6.45, 7) is 3.59. The van der Waals surface area contributed by atoms with Crippen molar-refractivity contribution < 1.29 is 27.4 Å². The van der Waals surface area contributed by atoms with Crippen molar-refractivity contribution in [2.24, 2.45) is 0 Å². The zero-order valence-corrected chi connectivity index (χ0v) is 15.7. The maximum absolute atomic E-state index is 12.9. The highest BCUT2D eigenvalue weighted by Crippen LogP contribution is 2.33. The first-order valence-corrected chi connectivity index (χ1v) is 10.1. The molecule has 0 spiro atoms. The lowest BCUT2D eigenvalue weighted by atomic mass is 10.3. The summed E-state index contributed by atoms with van der Waals surface area (Å²) in [4.78, 5) is 13.5. The Kier molecular flexibility index (Phi) is 6.00. The summed E-state index contributed by atoms with van der Waals surface area (Å²) in [5, 5.41) is 0. The lowest BCUT2D eigenvalue weighted by Gasteiger charge is -2.33. The summed E-state index contributed by atoms with van der Waals surface area (Å²) in [6.07, 6.45) is 1.08. The highest BCUT2D eigenvalue weighted by Gasteiger charge is 2.29. The van der Waals surface area contributed by atoms with Crippen LogP contribution in [0.2, 0.25) is 0 Å². The van der Waals surface area contributed by atoms with Crippen LogP contribution in [-0.2, 0) is 19.6 Å². The van der Waals surface area contributed by atoms with E-state index < -0.39 is 10.0 Å². The van der Waals surface area contributed by atoms with Crippen LogP contribution in [0, 0.1) is 0 Å². The van der Waals surface area contributed by atoms with Gasteiger partial charge in [-0.2, -0.15) is 4.31 Å². The molecule has 26 heavy (non-hydrogen) atoms. The van der Waals surface area contributed by atoms with Crippen molar-refractivity contribution in [3.8, 4) is 11.5 Å². The Morgan fingerprint density at radius 3 is 2.50 bits per heavy atom. The van der Waals surface area contributed by atoms with E-state index in [0.29, 0.717) is 63.9 Å². The highest BCUT2D eigenvalue weighted by molar-refractivity contribution is 7.89. The van der Waals surface area contributed by atoms with Crippen LogP contribution in [0.15, 0.2) is 23.1 Å². The number of nitrogens with zero attached hydrogens (tertiary/aromatic N) is 2. The number of ether oxygens (including phenoxy) is 3. The molecule has 0 atom stereocenters. The number of carbonyl (C=O) groups is 1. The van der Waals surface area contributed by atoms with Crippen molar-refractivity contribution in [1.29, 1.82) is 0 Å². The molecule has 0 radical (unpaired) electrons. The molecule has 1 saturated heterocycles. The van der Waals surface area contributed by atoms with E-state index in [-0.39, 0.29) is 10.9 Å². The normalized spacial score (nSPS) is 19.0. The average Bonchev–Trinajstić information content (AvgIpc) is 2.91. The molecule has 0 saturated carbocycles. The van der Waals surface area contributed by atoms with Gasteiger partial charge in [0.15, 0.2) is 11.5 Å². The minimum absolute atomic E-state index is 0.213. The maximum Gasteiger partial charge on any atom is 0.306 e. The number of piperazine rings is 1. The van der Waals surface area contributed by atoms with Gasteiger partial charge >= 0.3 is 5.97 Å².